The first-order valence-corrected chi connectivity index (χ1v) is 4.52. The third-order valence-electron chi connectivity index (χ3n) is 1.87. The maximum atomic E-state index is 4.13. The lowest BCUT2D eigenvalue weighted by Crippen LogP contribution is -1.78. The maximum Gasteiger partial charge on any atom is 0.103 e. The van der Waals surface area contributed by atoms with Crippen LogP contribution in [0.4, 0.5) is 0 Å². The lowest BCUT2D eigenvalue weighted by molar-refractivity contribution is 0.987. The molecular formula is C11H16N2. The van der Waals surface area contributed by atoms with Crippen molar-refractivity contribution in [2.75, 3.05) is 0 Å². The second kappa shape index (κ2) is 4.65. The summed E-state index contributed by atoms with van der Waals surface area (Å²) in [4.78, 5) is 7.30. The lowest BCUT2D eigenvalue weighted by Gasteiger charge is -1.95. The third-order valence-corrected chi connectivity index (χ3v) is 1.87. The van der Waals surface area contributed by atoms with Crippen LogP contribution < -0.4 is 0 Å². The van der Waals surface area contributed by atoms with Crippen LogP contribution in [0.3, 0.4) is 0 Å². The van der Waals surface area contributed by atoms with Crippen molar-refractivity contribution < 1.29 is 0 Å². The average Bonchev–Trinajstić information content (AvgIpc) is 2.48. The molecule has 0 radical (unpaired) electrons. The van der Waals surface area contributed by atoms with Gasteiger partial charge in [0.05, 0.1) is 11.9 Å². The monoisotopic (exact) mass is 176 g/mol. The van der Waals surface area contributed by atoms with E-state index in [1.54, 1.807) is 0 Å². The number of hydrogen-bond donors (Lipinski definition) is 1. The van der Waals surface area contributed by atoms with E-state index in [0.29, 0.717) is 0 Å². The van der Waals surface area contributed by atoms with Crippen LogP contribution in [0, 0.1) is 6.92 Å². The van der Waals surface area contributed by atoms with Crippen molar-refractivity contribution in [3.8, 4) is 0 Å². The molecule has 13 heavy (non-hydrogen) atoms. The molecule has 0 amide bonds. The van der Waals surface area contributed by atoms with E-state index in [0.717, 1.165) is 24.4 Å². The number of nitrogens with one attached hydrogen (secondary N) is 1. The molecule has 0 atom stereocenters. The van der Waals surface area contributed by atoms with E-state index in [1.807, 2.05) is 19.2 Å². The number of imidazole rings is 1. The predicted octanol–water partition coefficient (Wildman–Crippen LogP) is 3.09. The fraction of sp³-hybridized carbons (Fsp3) is 0.364. The molecule has 1 aromatic rings. The van der Waals surface area contributed by atoms with Crippen molar-refractivity contribution in [1.29, 1.82) is 0 Å². The second-order valence-corrected chi connectivity index (χ2v) is 3.24. The van der Waals surface area contributed by atoms with Crippen molar-refractivity contribution in [3.63, 3.8) is 0 Å². The topological polar surface area (TPSA) is 28.7 Å². The highest BCUT2D eigenvalue weighted by atomic mass is 14.9. The van der Waals surface area contributed by atoms with Gasteiger partial charge in [0, 0.05) is 0 Å². The van der Waals surface area contributed by atoms with Gasteiger partial charge < -0.3 is 4.98 Å². The summed E-state index contributed by atoms with van der Waals surface area (Å²) < 4.78 is 0. The number of aryl methyl sites for hydroxylation is 1. The molecule has 0 saturated heterocycles. The normalized spacial score (nSPS) is 11.7. The Bertz CT molecular complexity index is 308. The molecule has 0 fully saturated rings. The van der Waals surface area contributed by atoms with Crippen LogP contribution in [0.1, 0.15) is 31.3 Å². The smallest absolute Gasteiger partial charge is 0.103 e. The van der Waals surface area contributed by atoms with Gasteiger partial charge in [-0.1, -0.05) is 11.6 Å². The maximum absolute atomic E-state index is 4.13. The Morgan fingerprint density at radius 2 is 2.46 bits per heavy atom. The summed E-state index contributed by atoms with van der Waals surface area (Å²) in [6.45, 7) is 7.78. The molecule has 1 aromatic heterocycles. The highest BCUT2D eigenvalue weighted by Crippen LogP contribution is 2.09. The molecule has 1 heterocycles. The molecule has 2 heteroatoms. The van der Waals surface area contributed by atoms with Crippen LogP contribution in [0.15, 0.2) is 24.4 Å². The first kappa shape index (κ1) is 9.78. The number of aromatic nitrogens is 2. The molecule has 1 N–H and O–H groups in total. The van der Waals surface area contributed by atoms with Crippen molar-refractivity contribution in [1.82, 2.24) is 9.97 Å². The summed E-state index contributed by atoms with van der Waals surface area (Å²) in [5, 5.41) is 0. The SMILES string of the molecule is C=CCC/C(C)=C/c1cnc(C)[nH]1. The molecule has 70 valence electrons. The molecular weight excluding hydrogens is 160 g/mol. The van der Waals surface area contributed by atoms with E-state index >= 15 is 0 Å². The quantitative estimate of drug-likeness (QED) is 0.702. The van der Waals surface area contributed by atoms with E-state index in [4.69, 9.17) is 0 Å². The van der Waals surface area contributed by atoms with E-state index in [-0.39, 0.29) is 0 Å². The zero-order chi connectivity index (χ0) is 9.68. The minimum atomic E-state index is 0.961. The number of H-pyrrole nitrogens is 1. The lowest BCUT2D eigenvalue weighted by atomic mass is 10.1. The number of aromatic amines is 1. The molecule has 0 aliphatic rings. The summed E-state index contributed by atoms with van der Waals surface area (Å²) in [5.41, 5.74) is 2.43. The van der Waals surface area contributed by atoms with Gasteiger partial charge in [-0.15, -0.1) is 6.58 Å². The van der Waals surface area contributed by atoms with Crippen LogP contribution in [0.5, 0.6) is 0 Å². The van der Waals surface area contributed by atoms with Gasteiger partial charge in [0.2, 0.25) is 0 Å². The van der Waals surface area contributed by atoms with E-state index in [9.17, 15) is 0 Å². The second-order valence-electron chi connectivity index (χ2n) is 3.24. The van der Waals surface area contributed by atoms with Gasteiger partial charge in [-0.25, -0.2) is 4.98 Å². The van der Waals surface area contributed by atoms with Crippen LogP contribution in [-0.2, 0) is 0 Å². The fourth-order valence-corrected chi connectivity index (χ4v) is 1.18. The average molecular weight is 176 g/mol. The number of hydrogen-bond acceptors (Lipinski definition) is 1. The van der Waals surface area contributed by atoms with Crippen LogP contribution >= 0.6 is 0 Å². The van der Waals surface area contributed by atoms with Gasteiger partial charge in [-0.3, -0.25) is 0 Å². The number of allylic oxidation sites excluding steroid dienone is 2. The Morgan fingerprint density at radius 1 is 1.69 bits per heavy atom. The Labute approximate surface area is 79.4 Å². The highest BCUT2D eigenvalue weighted by Gasteiger charge is 1.93. The van der Waals surface area contributed by atoms with Gasteiger partial charge in [-0.05, 0) is 32.8 Å². The summed E-state index contributed by atoms with van der Waals surface area (Å²) in [6, 6.07) is 0. The molecule has 1 rings (SSSR count). The van der Waals surface area contributed by atoms with Gasteiger partial charge >= 0.3 is 0 Å². The minimum Gasteiger partial charge on any atom is -0.343 e. The van der Waals surface area contributed by atoms with E-state index in [1.165, 1.54) is 5.57 Å². The fourth-order valence-electron chi connectivity index (χ4n) is 1.18. The van der Waals surface area contributed by atoms with E-state index in [2.05, 4.69) is 29.5 Å². The predicted molar refractivity (Wildman–Crippen MR) is 56.4 cm³/mol. The van der Waals surface area contributed by atoms with Crippen LogP contribution in [-0.4, -0.2) is 9.97 Å². The summed E-state index contributed by atoms with van der Waals surface area (Å²) in [5.74, 6) is 0.961. The van der Waals surface area contributed by atoms with Gasteiger partial charge in [-0.2, -0.15) is 0 Å². The largest absolute Gasteiger partial charge is 0.343 e. The third kappa shape index (κ3) is 3.28. The van der Waals surface area contributed by atoms with Gasteiger partial charge in [0.25, 0.3) is 0 Å². The molecule has 0 saturated carbocycles. The summed E-state index contributed by atoms with van der Waals surface area (Å²) in [6.07, 6.45) is 8.03. The van der Waals surface area contributed by atoms with Crippen LogP contribution in [0.25, 0.3) is 6.08 Å². The first-order valence-electron chi connectivity index (χ1n) is 4.52. The number of nitrogens with zero attached hydrogens (tertiary/aromatic N) is 1. The zero-order valence-corrected chi connectivity index (χ0v) is 8.30. The van der Waals surface area contributed by atoms with Crippen molar-refractivity contribution in [2.45, 2.75) is 26.7 Å². The van der Waals surface area contributed by atoms with Crippen molar-refractivity contribution in [3.05, 3.63) is 35.9 Å². The van der Waals surface area contributed by atoms with E-state index < -0.39 is 0 Å². The van der Waals surface area contributed by atoms with Crippen LogP contribution in [0.2, 0.25) is 0 Å². The minimum absolute atomic E-state index is 0.961. The summed E-state index contributed by atoms with van der Waals surface area (Å²) in [7, 11) is 0. The Hall–Kier alpha value is -1.31. The first-order chi connectivity index (χ1) is 6.22. The van der Waals surface area contributed by atoms with Gasteiger partial charge in [0.1, 0.15) is 5.82 Å². The Kier molecular flexibility index (Phi) is 3.50. The Balaban J connectivity index is 2.59. The molecule has 0 aliphatic heterocycles. The summed E-state index contributed by atoms with van der Waals surface area (Å²) >= 11 is 0. The standard InChI is InChI=1S/C11H16N2/c1-4-5-6-9(2)7-11-8-12-10(3)13-11/h4,7-8H,1,5-6H2,2-3H3,(H,12,13)/b9-7+. The zero-order valence-electron chi connectivity index (χ0n) is 8.30. The highest BCUT2D eigenvalue weighted by molar-refractivity contribution is 5.47. The molecule has 0 spiro atoms. The molecule has 0 bridgehead atoms. The molecule has 0 aromatic carbocycles. The van der Waals surface area contributed by atoms with Crippen molar-refractivity contribution in [2.24, 2.45) is 0 Å². The molecule has 0 aliphatic carbocycles. The number of rotatable bonds is 4. The molecule has 2 nitrogen and oxygen atoms in total. The Morgan fingerprint density at radius 3 is 3.00 bits per heavy atom. The van der Waals surface area contributed by atoms with Crippen molar-refractivity contribution >= 4 is 6.08 Å². The molecule has 0 unspecified atom stereocenters. The van der Waals surface area contributed by atoms with Gasteiger partial charge in [0.15, 0.2) is 0 Å².